The van der Waals surface area contributed by atoms with Crippen LogP contribution in [0.5, 0.6) is 0 Å². The van der Waals surface area contributed by atoms with E-state index in [1.807, 2.05) is 0 Å². The predicted octanol–water partition coefficient (Wildman–Crippen LogP) is 0.455. The van der Waals surface area contributed by atoms with Crippen molar-refractivity contribution in [1.82, 2.24) is 5.32 Å². The number of hydrogen-bond donors (Lipinski definition) is 1. The molecule has 3 rings (SSSR count). The molecule has 0 saturated carbocycles. The molecule has 20 heavy (non-hydrogen) atoms. The Morgan fingerprint density at radius 3 is 2.75 bits per heavy atom. The number of nitrogens with zero attached hydrogens (tertiary/aromatic N) is 2. The first-order valence-corrected chi connectivity index (χ1v) is 8.15. The van der Waals surface area contributed by atoms with Crippen LogP contribution >= 0.6 is 12.2 Å². The summed E-state index contributed by atoms with van der Waals surface area (Å²) in [5.74, 6) is -0.0359. The second-order valence-corrected chi connectivity index (χ2v) is 7.36. The van der Waals surface area contributed by atoms with Crippen LogP contribution < -0.4 is 10.2 Å². The summed E-state index contributed by atoms with van der Waals surface area (Å²) in [7, 11) is -3.14. The van der Waals surface area contributed by atoms with E-state index in [1.165, 1.54) is 6.07 Å². The lowest BCUT2D eigenvalue weighted by atomic mass is 10.1. The third-order valence-electron chi connectivity index (χ3n) is 3.52. The van der Waals surface area contributed by atoms with Gasteiger partial charge in [0, 0.05) is 6.07 Å². The fraction of sp³-hybridized carbons (Fsp3) is 0.364. The average molecular weight is 313 g/mol. The minimum absolute atomic E-state index is 0.00887. The number of fused-ring (bicyclic) bond motifs is 1. The van der Waals surface area contributed by atoms with Gasteiger partial charge in [0.15, 0.2) is 14.9 Å². The maximum atomic E-state index is 11.7. The van der Waals surface area contributed by atoms with Gasteiger partial charge in [-0.05, 0) is 18.3 Å². The van der Waals surface area contributed by atoms with E-state index in [0.29, 0.717) is 10.8 Å². The Morgan fingerprint density at radius 1 is 1.35 bits per heavy atom. The molecule has 1 N–H and O–H groups in total. The van der Waals surface area contributed by atoms with Gasteiger partial charge < -0.3 is 10.2 Å². The van der Waals surface area contributed by atoms with Gasteiger partial charge in [-0.25, -0.2) is 8.42 Å². The third-order valence-corrected chi connectivity index (χ3v) is 5.55. The third kappa shape index (κ3) is 2.02. The number of anilines is 1. The summed E-state index contributed by atoms with van der Waals surface area (Å²) in [5, 5.41) is 14.4. The van der Waals surface area contributed by atoms with Crippen molar-refractivity contribution in [2.75, 3.05) is 16.4 Å². The Hall–Kier alpha value is -1.74. The highest BCUT2D eigenvalue weighted by molar-refractivity contribution is 7.91. The Morgan fingerprint density at radius 2 is 2.05 bits per heavy atom. The molecular formula is C11H11N3O4S2. The van der Waals surface area contributed by atoms with Crippen LogP contribution in [-0.2, 0) is 9.84 Å². The minimum Gasteiger partial charge on any atom is -0.356 e. The number of nitro groups is 1. The van der Waals surface area contributed by atoms with Gasteiger partial charge in [0.05, 0.1) is 28.5 Å². The Bertz CT molecular complexity index is 703. The molecule has 0 amide bonds. The molecule has 1 aromatic rings. The Labute approximate surface area is 120 Å². The van der Waals surface area contributed by atoms with Gasteiger partial charge in [-0.3, -0.25) is 10.1 Å². The van der Waals surface area contributed by atoms with E-state index in [0.717, 1.165) is 0 Å². The highest BCUT2D eigenvalue weighted by Crippen LogP contribution is 2.35. The maximum Gasteiger partial charge on any atom is 0.292 e. The van der Waals surface area contributed by atoms with Crippen LogP contribution in [0.15, 0.2) is 24.3 Å². The molecule has 2 heterocycles. The first-order chi connectivity index (χ1) is 9.39. The number of sulfone groups is 1. The van der Waals surface area contributed by atoms with E-state index in [2.05, 4.69) is 5.32 Å². The molecule has 0 aromatic heterocycles. The van der Waals surface area contributed by atoms with Crippen LogP contribution in [0.3, 0.4) is 0 Å². The lowest BCUT2D eigenvalue weighted by molar-refractivity contribution is -0.384. The zero-order valence-electron chi connectivity index (χ0n) is 10.2. The molecule has 2 saturated heterocycles. The van der Waals surface area contributed by atoms with E-state index in [-0.39, 0.29) is 29.3 Å². The molecule has 1 aromatic carbocycles. The lowest BCUT2D eigenvalue weighted by Crippen LogP contribution is -2.37. The van der Waals surface area contributed by atoms with Crippen LogP contribution in [0.1, 0.15) is 0 Å². The number of hydrogen-bond acceptors (Lipinski definition) is 5. The molecule has 0 bridgehead atoms. The summed E-state index contributed by atoms with van der Waals surface area (Å²) < 4.78 is 23.4. The van der Waals surface area contributed by atoms with E-state index < -0.39 is 14.8 Å². The normalized spacial score (nSPS) is 27.2. The summed E-state index contributed by atoms with van der Waals surface area (Å²) in [6, 6.07) is 5.52. The molecule has 7 nitrogen and oxygen atoms in total. The molecule has 0 aliphatic carbocycles. The van der Waals surface area contributed by atoms with Crippen LogP contribution in [0.4, 0.5) is 11.4 Å². The first-order valence-electron chi connectivity index (χ1n) is 5.92. The zero-order valence-corrected chi connectivity index (χ0v) is 11.9. The maximum absolute atomic E-state index is 11.7. The van der Waals surface area contributed by atoms with Crippen molar-refractivity contribution in [3.63, 3.8) is 0 Å². The highest BCUT2D eigenvalue weighted by atomic mass is 32.2. The Kier molecular flexibility index (Phi) is 2.91. The van der Waals surface area contributed by atoms with Crippen molar-refractivity contribution < 1.29 is 13.3 Å². The minimum atomic E-state index is -3.14. The molecule has 106 valence electrons. The van der Waals surface area contributed by atoms with Gasteiger partial charge >= 0.3 is 0 Å². The fourth-order valence-corrected chi connectivity index (χ4v) is 4.99. The predicted molar refractivity (Wildman–Crippen MR) is 77.5 cm³/mol. The number of nitro benzene ring substituents is 1. The SMILES string of the molecule is O=[N+]([O-])c1ccccc1N1C(=S)N[C@H]2CS(=O)(=O)C[C@@H]21. The van der Waals surface area contributed by atoms with Crippen LogP contribution in [0.25, 0.3) is 0 Å². The molecule has 2 fully saturated rings. The number of para-hydroxylation sites is 2. The van der Waals surface area contributed by atoms with Gasteiger partial charge in [0.1, 0.15) is 5.69 Å². The fourth-order valence-electron chi connectivity index (χ4n) is 2.71. The molecule has 2 aliphatic rings. The smallest absolute Gasteiger partial charge is 0.292 e. The molecule has 0 radical (unpaired) electrons. The van der Waals surface area contributed by atoms with Gasteiger partial charge in [0.25, 0.3) is 5.69 Å². The second kappa shape index (κ2) is 4.38. The van der Waals surface area contributed by atoms with Crippen molar-refractivity contribution in [2.45, 2.75) is 12.1 Å². The van der Waals surface area contributed by atoms with E-state index >= 15 is 0 Å². The molecule has 2 atom stereocenters. The topological polar surface area (TPSA) is 92.6 Å². The van der Waals surface area contributed by atoms with E-state index in [9.17, 15) is 18.5 Å². The monoisotopic (exact) mass is 313 g/mol. The summed E-state index contributed by atoms with van der Waals surface area (Å²) in [6.45, 7) is 0. The van der Waals surface area contributed by atoms with Crippen molar-refractivity contribution in [3.05, 3.63) is 34.4 Å². The van der Waals surface area contributed by atoms with E-state index in [4.69, 9.17) is 12.2 Å². The first kappa shape index (κ1) is 13.3. The lowest BCUT2D eigenvalue weighted by Gasteiger charge is -2.22. The number of benzene rings is 1. The molecule has 0 spiro atoms. The average Bonchev–Trinajstić information content (AvgIpc) is 2.79. The van der Waals surface area contributed by atoms with Gasteiger partial charge in [-0.1, -0.05) is 12.1 Å². The molecule has 9 heteroatoms. The van der Waals surface area contributed by atoms with Gasteiger partial charge in [-0.15, -0.1) is 0 Å². The van der Waals surface area contributed by atoms with E-state index in [1.54, 1.807) is 23.1 Å². The van der Waals surface area contributed by atoms with Gasteiger partial charge in [-0.2, -0.15) is 0 Å². The zero-order chi connectivity index (χ0) is 14.5. The Balaban J connectivity index is 2.06. The van der Waals surface area contributed by atoms with Crippen LogP contribution in [-0.4, -0.2) is 42.0 Å². The number of nitrogens with one attached hydrogen (secondary N) is 1. The number of thiocarbonyl (C=S) groups is 1. The van der Waals surface area contributed by atoms with Crippen molar-refractivity contribution in [3.8, 4) is 0 Å². The molecular weight excluding hydrogens is 302 g/mol. The van der Waals surface area contributed by atoms with Gasteiger partial charge in [0.2, 0.25) is 0 Å². The standard InChI is InChI=1S/C11H11N3O4S2/c15-14(16)9-4-2-1-3-8(9)13-10-6-20(17,18)5-7(10)12-11(13)19/h1-4,7,10H,5-6H2,(H,12,19)/t7-,10-/m0/s1. The summed E-state index contributed by atoms with van der Waals surface area (Å²) >= 11 is 5.20. The molecule has 0 unspecified atom stereocenters. The summed E-state index contributed by atoms with van der Waals surface area (Å²) in [5.41, 5.74) is 0.251. The van der Waals surface area contributed by atoms with Crippen molar-refractivity contribution >= 4 is 38.5 Å². The van der Waals surface area contributed by atoms with Crippen LogP contribution in [0, 0.1) is 10.1 Å². The quantitative estimate of drug-likeness (QED) is 0.481. The number of rotatable bonds is 2. The van der Waals surface area contributed by atoms with Crippen molar-refractivity contribution in [1.29, 1.82) is 0 Å². The summed E-state index contributed by atoms with van der Waals surface area (Å²) in [6.07, 6.45) is 0. The largest absolute Gasteiger partial charge is 0.356 e. The highest BCUT2D eigenvalue weighted by Gasteiger charge is 2.48. The van der Waals surface area contributed by atoms with Crippen LogP contribution in [0.2, 0.25) is 0 Å². The molecule has 2 aliphatic heterocycles. The van der Waals surface area contributed by atoms with Crippen molar-refractivity contribution in [2.24, 2.45) is 0 Å². The second-order valence-electron chi connectivity index (χ2n) is 4.82. The summed E-state index contributed by atoms with van der Waals surface area (Å²) in [4.78, 5) is 12.2.